The number of amides is 1. The molecule has 1 aromatic carbocycles. The maximum absolute atomic E-state index is 12.6. The fraction of sp³-hybridized carbons (Fsp3) is 0.125. The van der Waals surface area contributed by atoms with Gasteiger partial charge in [0, 0.05) is 31.4 Å². The first-order valence-electron chi connectivity index (χ1n) is 7.52. The van der Waals surface area contributed by atoms with Gasteiger partial charge in [0.15, 0.2) is 5.65 Å². The van der Waals surface area contributed by atoms with Gasteiger partial charge in [0.1, 0.15) is 10.9 Å². The van der Waals surface area contributed by atoms with E-state index in [0.717, 1.165) is 21.3 Å². The van der Waals surface area contributed by atoms with Crippen LogP contribution in [-0.2, 0) is 14.1 Å². The molecular weight excluding hydrogens is 378 g/mol. The van der Waals surface area contributed by atoms with E-state index in [-0.39, 0.29) is 27.3 Å². The van der Waals surface area contributed by atoms with Crippen molar-refractivity contribution in [2.75, 3.05) is 5.32 Å². The number of anilines is 1. The van der Waals surface area contributed by atoms with Crippen LogP contribution in [0.1, 0.15) is 10.4 Å². The van der Waals surface area contributed by atoms with E-state index in [2.05, 4.69) is 10.3 Å². The van der Waals surface area contributed by atoms with Crippen LogP contribution in [0.3, 0.4) is 0 Å². The molecule has 0 aliphatic heterocycles. The minimum atomic E-state index is -0.826. The fourth-order valence-electron chi connectivity index (χ4n) is 2.63. The van der Waals surface area contributed by atoms with Crippen LogP contribution in [0, 0.1) is 10.1 Å². The van der Waals surface area contributed by atoms with E-state index in [1.54, 1.807) is 0 Å². The van der Waals surface area contributed by atoms with Crippen LogP contribution in [0.15, 0.2) is 40.1 Å². The van der Waals surface area contributed by atoms with Crippen molar-refractivity contribution in [2.24, 2.45) is 14.1 Å². The monoisotopic (exact) mass is 389 g/mol. The van der Waals surface area contributed by atoms with Gasteiger partial charge in [-0.05, 0) is 18.2 Å². The number of nitrogens with zero attached hydrogens (tertiary/aromatic N) is 4. The summed E-state index contributed by atoms with van der Waals surface area (Å²) in [5, 5.41) is 13.8. The second-order valence-corrected chi connectivity index (χ2v) is 6.07. The highest BCUT2D eigenvalue weighted by atomic mass is 35.5. The first-order valence-corrected chi connectivity index (χ1v) is 7.90. The number of nitro groups is 1. The third kappa shape index (κ3) is 3.06. The molecule has 3 rings (SSSR count). The smallest absolute Gasteiger partial charge is 0.321 e. The van der Waals surface area contributed by atoms with Crippen LogP contribution in [0.4, 0.5) is 11.4 Å². The third-order valence-electron chi connectivity index (χ3n) is 3.99. The molecule has 0 spiro atoms. The number of fused-ring (bicyclic) bond motifs is 1. The predicted octanol–water partition coefficient (Wildman–Crippen LogP) is 1.45. The highest BCUT2D eigenvalue weighted by Crippen LogP contribution is 2.25. The van der Waals surface area contributed by atoms with Crippen molar-refractivity contribution in [3.63, 3.8) is 0 Å². The summed E-state index contributed by atoms with van der Waals surface area (Å²) in [4.78, 5) is 51.6. The molecule has 0 saturated carbocycles. The topological polar surface area (TPSA) is 129 Å². The van der Waals surface area contributed by atoms with Crippen LogP contribution in [0.25, 0.3) is 11.0 Å². The molecule has 1 N–H and O–H groups in total. The first-order chi connectivity index (χ1) is 12.7. The largest absolute Gasteiger partial charge is 0.332 e. The number of rotatable bonds is 3. The summed E-state index contributed by atoms with van der Waals surface area (Å²) in [6.07, 6.45) is 1.31. The van der Waals surface area contributed by atoms with Gasteiger partial charge in [-0.15, -0.1) is 0 Å². The minimum Gasteiger partial charge on any atom is -0.321 e. The van der Waals surface area contributed by atoms with Crippen LogP contribution in [-0.4, -0.2) is 24.9 Å². The highest BCUT2D eigenvalue weighted by Gasteiger charge is 2.22. The van der Waals surface area contributed by atoms with Crippen LogP contribution in [0.5, 0.6) is 0 Å². The molecule has 0 saturated heterocycles. The number of nitrogens with one attached hydrogen (secondary N) is 1. The molecule has 2 aromatic heterocycles. The molecule has 0 unspecified atom stereocenters. The van der Waals surface area contributed by atoms with E-state index in [1.807, 2.05) is 0 Å². The van der Waals surface area contributed by atoms with Crippen molar-refractivity contribution in [1.82, 2.24) is 14.1 Å². The zero-order valence-electron chi connectivity index (χ0n) is 14.1. The molecule has 0 radical (unpaired) electrons. The Balaban J connectivity index is 2.18. The standard InChI is InChI=1S/C16H12ClN5O5/c1-20-13-12(15(24)21(2)16(20)25)10(5-6-18-13)19-14(23)9-7-8(17)3-4-11(9)22(26)27/h3-7H,1-2H3,(H,18,19,23). The number of nitro benzene ring substituents is 1. The summed E-state index contributed by atoms with van der Waals surface area (Å²) in [6, 6.07) is 4.93. The van der Waals surface area contributed by atoms with E-state index in [4.69, 9.17) is 11.6 Å². The van der Waals surface area contributed by atoms with E-state index < -0.39 is 27.8 Å². The lowest BCUT2D eigenvalue weighted by atomic mass is 10.1. The van der Waals surface area contributed by atoms with Crippen LogP contribution < -0.4 is 16.6 Å². The van der Waals surface area contributed by atoms with Gasteiger partial charge in [0.25, 0.3) is 17.2 Å². The van der Waals surface area contributed by atoms with Gasteiger partial charge >= 0.3 is 5.69 Å². The summed E-state index contributed by atoms with van der Waals surface area (Å²) in [5.74, 6) is -0.826. The quantitative estimate of drug-likeness (QED) is 0.533. The lowest BCUT2D eigenvalue weighted by molar-refractivity contribution is -0.385. The van der Waals surface area contributed by atoms with Crippen molar-refractivity contribution in [2.45, 2.75) is 0 Å². The molecule has 0 fully saturated rings. The Kier molecular flexibility index (Phi) is 4.50. The van der Waals surface area contributed by atoms with E-state index in [9.17, 15) is 24.5 Å². The maximum atomic E-state index is 12.6. The number of hydrogen-bond donors (Lipinski definition) is 1. The average molecular weight is 390 g/mol. The van der Waals surface area contributed by atoms with Gasteiger partial charge in [-0.2, -0.15) is 0 Å². The molecule has 27 heavy (non-hydrogen) atoms. The Morgan fingerprint density at radius 3 is 2.59 bits per heavy atom. The zero-order valence-corrected chi connectivity index (χ0v) is 14.9. The van der Waals surface area contributed by atoms with Crippen molar-refractivity contribution in [3.05, 3.63) is 72.0 Å². The van der Waals surface area contributed by atoms with Crippen LogP contribution >= 0.6 is 11.6 Å². The second-order valence-electron chi connectivity index (χ2n) is 5.64. The maximum Gasteiger partial charge on any atom is 0.332 e. The molecule has 0 bridgehead atoms. The summed E-state index contributed by atoms with van der Waals surface area (Å²) in [7, 11) is 2.73. The SMILES string of the molecule is Cn1c(=O)c2c(NC(=O)c3cc(Cl)ccc3[N+](=O)[O-])ccnc2n(C)c1=O. The Labute approximate surface area is 155 Å². The van der Waals surface area contributed by atoms with Gasteiger partial charge in [-0.1, -0.05) is 11.6 Å². The third-order valence-corrected chi connectivity index (χ3v) is 4.22. The molecule has 138 valence electrons. The molecular formula is C16H12ClN5O5. The fourth-order valence-corrected chi connectivity index (χ4v) is 2.80. The first kappa shape index (κ1) is 18.3. The Morgan fingerprint density at radius 1 is 1.22 bits per heavy atom. The van der Waals surface area contributed by atoms with Crippen LogP contribution in [0.2, 0.25) is 5.02 Å². The predicted molar refractivity (Wildman–Crippen MR) is 98.3 cm³/mol. The number of aryl methyl sites for hydroxylation is 1. The number of carbonyl (C=O) groups excluding carboxylic acids is 1. The van der Waals surface area contributed by atoms with Crippen molar-refractivity contribution in [1.29, 1.82) is 0 Å². The molecule has 11 heteroatoms. The Morgan fingerprint density at radius 2 is 1.93 bits per heavy atom. The Bertz CT molecular complexity index is 1230. The lowest BCUT2D eigenvalue weighted by Crippen LogP contribution is -2.37. The highest BCUT2D eigenvalue weighted by molar-refractivity contribution is 6.31. The summed E-state index contributed by atoms with van der Waals surface area (Å²) >= 11 is 5.84. The second kappa shape index (κ2) is 6.65. The van der Waals surface area contributed by atoms with Crippen molar-refractivity contribution < 1.29 is 9.72 Å². The van der Waals surface area contributed by atoms with E-state index in [0.29, 0.717) is 0 Å². The lowest BCUT2D eigenvalue weighted by Gasteiger charge is -2.11. The molecule has 0 aliphatic rings. The summed E-state index contributed by atoms with van der Waals surface area (Å²) in [5.41, 5.74) is -1.79. The van der Waals surface area contributed by atoms with E-state index in [1.165, 1.54) is 32.4 Å². The normalized spacial score (nSPS) is 10.8. The van der Waals surface area contributed by atoms with Gasteiger partial charge in [-0.3, -0.25) is 28.8 Å². The summed E-state index contributed by atoms with van der Waals surface area (Å²) < 4.78 is 2.04. The molecule has 1 amide bonds. The zero-order chi connectivity index (χ0) is 19.9. The number of carbonyl (C=O) groups is 1. The van der Waals surface area contributed by atoms with Gasteiger partial charge in [0.05, 0.1) is 10.6 Å². The molecule has 0 atom stereocenters. The minimum absolute atomic E-state index is 0.000121. The van der Waals surface area contributed by atoms with Gasteiger partial charge < -0.3 is 5.32 Å². The number of benzene rings is 1. The van der Waals surface area contributed by atoms with Crippen molar-refractivity contribution >= 4 is 39.9 Å². The van der Waals surface area contributed by atoms with E-state index >= 15 is 0 Å². The van der Waals surface area contributed by atoms with Crippen molar-refractivity contribution in [3.8, 4) is 0 Å². The number of pyridine rings is 1. The molecule has 2 heterocycles. The average Bonchev–Trinajstić information content (AvgIpc) is 2.64. The summed E-state index contributed by atoms with van der Waals surface area (Å²) in [6.45, 7) is 0. The molecule has 10 nitrogen and oxygen atoms in total. The van der Waals surface area contributed by atoms with Gasteiger partial charge in [0.2, 0.25) is 0 Å². The molecule has 0 aliphatic carbocycles. The number of hydrogen-bond acceptors (Lipinski definition) is 6. The van der Waals surface area contributed by atoms with Gasteiger partial charge in [-0.25, -0.2) is 9.78 Å². The number of aromatic nitrogens is 3. The Hall–Kier alpha value is -3.53. The number of halogens is 1. The molecule has 3 aromatic rings.